The highest BCUT2D eigenvalue weighted by molar-refractivity contribution is 5.99. The number of fused-ring (bicyclic) bond motifs is 1. The standard InChI is InChI=1S/C15H17NO/c1-9(2)11-5-6-14-12(7-11)13(8-17)15(16-14)10-3-4-10/h5-10,16H,3-4H2,1-2H3. The molecule has 88 valence electrons. The number of aromatic nitrogens is 1. The van der Waals surface area contributed by atoms with E-state index < -0.39 is 0 Å². The molecule has 17 heavy (non-hydrogen) atoms. The first-order valence-electron chi connectivity index (χ1n) is 6.31. The average Bonchev–Trinajstić information content (AvgIpc) is 3.09. The molecule has 0 atom stereocenters. The van der Waals surface area contributed by atoms with Crippen LogP contribution in [-0.4, -0.2) is 11.3 Å². The second-order valence-corrected chi connectivity index (χ2v) is 5.30. The summed E-state index contributed by atoms with van der Waals surface area (Å²) < 4.78 is 0. The molecule has 0 spiro atoms. The van der Waals surface area contributed by atoms with Crippen LogP contribution in [0, 0.1) is 0 Å². The minimum absolute atomic E-state index is 0.498. The molecular formula is C15H17NO. The van der Waals surface area contributed by atoms with Gasteiger partial charge in [0, 0.05) is 22.2 Å². The number of benzene rings is 1. The molecule has 2 heteroatoms. The van der Waals surface area contributed by atoms with E-state index >= 15 is 0 Å². The van der Waals surface area contributed by atoms with E-state index in [0.717, 1.165) is 28.4 Å². The molecule has 2 nitrogen and oxygen atoms in total. The van der Waals surface area contributed by atoms with Crippen molar-refractivity contribution in [1.29, 1.82) is 0 Å². The van der Waals surface area contributed by atoms with Gasteiger partial charge in [0.15, 0.2) is 6.29 Å². The Morgan fingerprint density at radius 2 is 2.12 bits per heavy atom. The number of H-pyrrole nitrogens is 1. The summed E-state index contributed by atoms with van der Waals surface area (Å²) in [5.74, 6) is 1.09. The van der Waals surface area contributed by atoms with E-state index in [4.69, 9.17) is 0 Å². The Morgan fingerprint density at radius 3 is 2.71 bits per heavy atom. The number of carbonyl (C=O) groups excluding carboxylic acids is 1. The fraction of sp³-hybridized carbons (Fsp3) is 0.400. The second kappa shape index (κ2) is 3.73. The molecular weight excluding hydrogens is 210 g/mol. The van der Waals surface area contributed by atoms with Gasteiger partial charge >= 0.3 is 0 Å². The van der Waals surface area contributed by atoms with Crippen LogP contribution in [0.5, 0.6) is 0 Å². The van der Waals surface area contributed by atoms with Crippen LogP contribution in [0.2, 0.25) is 0 Å². The summed E-state index contributed by atoms with van der Waals surface area (Å²) in [6.07, 6.45) is 3.44. The van der Waals surface area contributed by atoms with E-state index in [2.05, 4.69) is 37.0 Å². The number of hydrogen-bond acceptors (Lipinski definition) is 1. The molecule has 0 amide bonds. The van der Waals surface area contributed by atoms with Crippen molar-refractivity contribution in [1.82, 2.24) is 4.98 Å². The molecule has 1 fully saturated rings. The molecule has 1 saturated carbocycles. The van der Waals surface area contributed by atoms with Gasteiger partial charge in [0.2, 0.25) is 0 Å². The van der Waals surface area contributed by atoms with Crippen LogP contribution in [-0.2, 0) is 0 Å². The number of aldehydes is 1. The van der Waals surface area contributed by atoms with Gasteiger partial charge in [-0.15, -0.1) is 0 Å². The Balaban J connectivity index is 2.23. The minimum Gasteiger partial charge on any atom is -0.358 e. The van der Waals surface area contributed by atoms with Crippen molar-refractivity contribution in [2.75, 3.05) is 0 Å². The van der Waals surface area contributed by atoms with Gasteiger partial charge in [-0.2, -0.15) is 0 Å². The summed E-state index contributed by atoms with van der Waals surface area (Å²) in [5, 5.41) is 1.09. The van der Waals surface area contributed by atoms with E-state index in [1.165, 1.54) is 18.4 Å². The second-order valence-electron chi connectivity index (χ2n) is 5.30. The van der Waals surface area contributed by atoms with Crippen LogP contribution >= 0.6 is 0 Å². The van der Waals surface area contributed by atoms with E-state index in [9.17, 15) is 4.79 Å². The van der Waals surface area contributed by atoms with Crippen molar-refractivity contribution in [3.63, 3.8) is 0 Å². The fourth-order valence-corrected chi connectivity index (χ4v) is 2.43. The lowest BCUT2D eigenvalue weighted by molar-refractivity contribution is 0.112. The lowest BCUT2D eigenvalue weighted by Gasteiger charge is -2.04. The maximum absolute atomic E-state index is 11.3. The minimum atomic E-state index is 0.498. The Kier molecular flexibility index (Phi) is 2.32. The number of rotatable bonds is 3. The summed E-state index contributed by atoms with van der Waals surface area (Å²) in [6, 6.07) is 6.41. The molecule has 0 saturated heterocycles. The Bertz CT molecular complexity index is 576. The van der Waals surface area contributed by atoms with E-state index in [1.54, 1.807) is 0 Å². The van der Waals surface area contributed by atoms with Crippen LogP contribution in [0.25, 0.3) is 10.9 Å². The lowest BCUT2D eigenvalue weighted by atomic mass is 10.00. The molecule has 0 aliphatic heterocycles. The number of hydrogen-bond donors (Lipinski definition) is 1. The maximum atomic E-state index is 11.3. The van der Waals surface area contributed by atoms with Gasteiger partial charge in [0.25, 0.3) is 0 Å². The Morgan fingerprint density at radius 1 is 1.35 bits per heavy atom. The summed E-state index contributed by atoms with van der Waals surface area (Å²) in [6.45, 7) is 4.35. The zero-order chi connectivity index (χ0) is 12.0. The van der Waals surface area contributed by atoms with Gasteiger partial charge in [0.1, 0.15) is 0 Å². The Labute approximate surface area is 101 Å². The molecule has 1 aliphatic rings. The molecule has 1 aromatic heterocycles. The van der Waals surface area contributed by atoms with E-state index in [1.807, 2.05) is 0 Å². The average molecular weight is 227 g/mol. The smallest absolute Gasteiger partial charge is 0.152 e. The van der Waals surface area contributed by atoms with Crippen molar-refractivity contribution in [3.05, 3.63) is 35.0 Å². The summed E-state index contributed by atoms with van der Waals surface area (Å²) in [4.78, 5) is 14.7. The van der Waals surface area contributed by atoms with Crippen LogP contribution in [0.15, 0.2) is 18.2 Å². The van der Waals surface area contributed by atoms with Gasteiger partial charge in [0.05, 0.1) is 0 Å². The molecule has 1 aromatic carbocycles. The van der Waals surface area contributed by atoms with Crippen molar-refractivity contribution in [2.45, 2.75) is 38.5 Å². The summed E-state index contributed by atoms with van der Waals surface area (Å²) >= 11 is 0. The van der Waals surface area contributed by atoms with Crippen LogP contribution in [0.4, 0.5) is 0 Å². The highest BCUT2D eigenvalue weighted by Gasteiger charge is 2.28. The highest BCUT2D eigenvalue weighted by atomic mass is 16.1. The third kappa shape index (κ3) is 1.68. The number of nitrogens with one attached hydrogen (secondary N) is 1. The number of aromatic amines is 1. The molecule has 0 radical (unpaired) electrons. The zero-order valence-corrected chi connectivity index (χ0v) is 10.3. The topological polar surface area (TPSA) is 32.9 Å². The van der Waals surface area contributed by atoms with Crippen molar-refractivity contribution >= 4 is 17.2 Å². The van der Waals surface area contributed by atoms with Gasteiger partial charge in [-0.25, -0.2) is 0 Å². The molecule has 2 aromatic rings. The highest BCUT2D eigenvalue weighted by Crippen LogP contribution is 2.42. The molecule has 1 aliphatic carbocycles. The van der Waals surface area contributed by atoms with Crippen molar-refractivity contribution < 1.29 is 4.79 Å². The normalized spacial score (nSPS) is 15.7. The summed E-state index contributed by atoms with van der Waals surface area (Å²) in [5.41, 5.74) is 4.42. The molecule has 0 bridgehead atoms. The first-order chi connectivity index (χ1) is 8.20. The van der Waals surface area contributed by atoms with Gasteiger partial charge in [-0.1, -0.05) is 19.9 Å². The van der Waals surface area contributed by atoms with Crippen LogP contribution in [0.1, 0.15) is 60.1 Å². The van der Waals surface area contributed by atoms with Gasteiger partial charge in [-0.05, 0) is 42.4 Å². The third-order valence-electron chi connectivity index (χ3n) is 3.66. The molecule has 1 N–H and O–H groups in total. The predicted molar refractivity (Wildman–Crippen MR) is 69.8 cm³/mol. The van der Waals surface area contributed by atoms with Crippen LogP contribution < -0.4 is 0 Å². The Hall–Kier alpha value is -1.57. The van der Waals surface area contributed by atoms with Crippen molar-refractivity contribution in [2.24, 2.45) is 0 Å². The van der Waals surface area contributed by atoms with E-state index in [-0.39, 0.29) is 0 Å². The lowest BCUT2D eigenvalue weighted by Crippen LogP contribution is -1.88. The quantitative estimate of drug-likeness (QED) is 0.790. The SMILES string of the molecule is CC(C)c1ccc2[nH]c(C3CC3)c(C=O)c2c1. The summed E-state index contributed by atoms with van der Waals surface area (Å²) in [7, 11) is 0. The fourth-order valence-electron chi connectivity index (χ4n) is 2.43. The van der Waals surface area contributed by atoms with Crippen molar-refractivity contribution in [3.8, 4) is 0 Å². The molecule has 1 heterocycles. The van der Waals surface area contributed by atoms with Gasteiger partial charge < -0.3 is 4.98 Å². The van der Waals surface area contributed by atoms with Crippen LogP contribution in [0.3, 0.4) is 0 Å². The van der Waals surface area contributed by atoms with Gasteiger partial charge in [-0.3, -0.25) is 4.79 Å². The maximum Gasteiger partial charge on any atom is 0.152 e. The van der Waals surface area contributed by atoms with E-state index in [0.29, 0.717) is 11.8 Å². The predicted octanol–water partition coefficient (Wildman–Crippen LogP) is 3.98. The monoisotopic (exact) mass is 227 g/mol. The largest absolute Gasteiger partial charge is 0.358 e. The zero-order valence-electron chi connectivity index (χ0n) is 10.3. The first kappa shape index (κ1) is 10.6. The third-order valence-corrected chi connectivity index (χ3v) is 3.66. The molecule has 0 unspecified atom stereocenters. The number of carbonyl (C=O) groups is 1. The first-order valence-corrected chi connectivity index (χ1v) is 6.31. The molecule has 3 rings (SSSR count).